The van der Waals surface area contributed by atoms with Crippen molar-refractivity contribution in [3.05, 3.63) is 23.8 Å². The molecule has 4 rings (SSSR count). The zero-order chi connectivity index (χ0) is 21.0. The molecular weight excluding hydrogens is 352 g/mol. The van der Waals surface area contributed by atoms with Gasteiger partial charge >= 0.3 is 0 Å². The van der Waals surface area contributed by atoms with E-state index < -0.39 is 0 Å². The summed E-state index contributed by atoms with van der Waals surface area (Å²) in [5.74, 6) is 5.25. The van der Waals surface area contributed by atoms with E-state index in [1.54, 1.807) is 0 Å². The van der Waals surface area contributed by atoms with Gasteiger partial charge in [0.25, 0.3) is 0 Å². The normalized spacial score (nSPS) is 46.8. The highest BCUT2D eigenvalue weighted by Crippen LogP contribution is 2.66. The third kappa shape index (κ3) is 3.58. The van der Waals surface area contributed by atoms with Gasteiger partial charge < -0.3 is 5.11 Å². The predicted octanol–water partition coefficient (Wildman–Crippen LogP) is 7.41. The maximum absolute atomic E-state index is 10.2. The van der Waals surface area contributed by atoms with Crippen molar-refractivity contribution >= 4 is 0 Å². The Bertz CT molecular complexity index is 659. The molecule has 4 aliphatic rings. The van der Waals surface area contributed by atoms with Crippen LogP contribution in [0.4, 0.5) is 0 Å². The van der Waals surface area contributed by atoms with E-state index in [1.165, 1.54) is 38.5 Å². The largest absolute Gasteiger partial charge is 0.393 e. The lowest BCUT2D eigenvalue weighted by molar-refractivity contribution is -0.0414. The maximum Gasteiger partial charge on any atom is 0.0543 e. The van der Waals surface area contributed by atoms with Gasteiger partial charge in [-0.25, -0.2) is 0 Å². The number of allylic oxidation sites excluding steroid dienone is 4. The van der Waals surface area contributed by atoms with Gasteiger partial charge in [0.15, 0.2) is 0 Å². The first-order valence-electron chi connectivity index (χ1n) is 12.7. The molecule has 0 saturated heterocycles. The van der Waals surface area contributed by atoms with Crippen LogP contribution in [0.3, 0.4) is 0 Å². The van der Waals surface area contributed by atoms with E-state index in [4.69, 9.17) is 0 Å². The van der Waals surface area contributed by atoms with E-state index >= 15 is 0 Å². The standard InChI is InChI=1S/C28H46O/c1-18(2)19(3)7-8-20(4)24-11-12-25-23-10-9-21-17-22(29)13-15-27(21,5)26(23)14-16-28(24,25)6/h7-8,10,18-22,24-26,29H,9,11-17H2,1-6H3/b8-7+/t19-,20+,21-,22-,24+,25-,26-,27-,28+/m1/s1. The van der Waals surface area contributed by atoms with Crippen molar-refractivity contribution in [2.75, 3.05) is 0 Å². The summed E-state index contributed by atoms with van der Waals surface area (Å²) in [4.78, 5) is 0. The maximum atomic E-state index is 10.2. The zero-order valence-corrected chi connectivity index (χ0v) is 20.0. The summed E-state index contributed by atoms with van der Waals surface area (Å²) in [5, 5.41) is 10.2. The Kier molecular flexibility index (Phi) is 5.86. The Morgan fingerprint density at radius 1 is 0.931 bits per heavy atom. The smallest absolute Gasteiger partial charge is 0.0543 e. The molecular formula is C28H46O. The second-order valence-corrected chi connectivity index (χ2v) is 12.3. The van der Waals surface area contributed by atoms with Crippen molar-refractivity contribution in [1.29, 1.82) is 0 Å². The summed E-state index contributed by atoms with van der Waals surface area (Å²) in [6.07, 6.45) is 17.8. The first-order chi connectivity index (χ1) is 13.7. The van der Waals surface area contributed by atoms with E-state index in [0.29, 0.717) is 28.6 Å². The molecule has 4 aliphatic carbocycles. The molecule has 0 radical (unpaired) electrons. The molecule has 1 N–H and O–H groups in total. The zero-order valence-electron chi connectivity index (χ0n) is 20.0. The molecule has 0 aromatic carbocycles. The Labute approximate surface area is 180 Å². The molecule has 3 fully saturated rings. The molecule has 164 valence electrons. The SMILES string of the molecule is CC(C)[C@H](C)/C=C/[C@H](C)[C@@H]1CC[C@@H]2C3=CC[C@@H]4C[C@H](O)CC[C@@]4(C)[C@@H]3CC[C@]21C. The van der Waals surface area contributed by atoms with Gasteiger partial charge in [-0.05, 0) is 104 Å². The molecule has 1 heteroatoms. The minimum Gasteiger partial charge on any atom is -0.393 e. The van der Waals surface area contributed by atoms with Crippen LogP contribution in [0.5, 0.6) is 0 Å². The third-order valence-corrected chi connectivity index (χ3v) is 10.5. The topological polar surface area (TPSA) is 20.2 Å². The van der Waals surface area contributed by atoms with Crippen LogP contribution < -0.4 is 0 Å². The Balaban J connectivity index is 1.54. The highest BCUT2D eigenvalue weighted by molar-refractivity contribution is 5.28. The van der Waals surface area contributed by atoms with E-state index in [-0.39, 0.29) is 6.10 Å². The monoisotopic (exact) mass is 398 g/mol. The minimum atomic E-state index is -0.0476. The molecule has 0 heterocycles. The Morgan fingerprint density at radius 2 is 1.62 bits per heavy atom. The van der Waals surface area contributed by atoms with Crippen LogP contribution >= 0.6 is 0 Å². The number of rotatable bonds is 4. The van der Waals surface area contributed by atoms with Gasteiger partial charge in [0.1, 0.15) is 0 Å². The molecule has 1 nitrogen and oxygen atoms in total. The quantitative estimate of drug-likeness (QED) is 0.489. The molecule has 0 aliphatic heterocycles. The Morgan fingerprint density at radius 3 is 2.34 bits per heavy atom. The summed E-state index contributed by atoms with van der Waals surface area (Å²) < 4.78 is 0. The number of aliphatic hydroxyl groups excluding tert-OH is 1. The molecule has 0 aromatic heterocycles. The van der Waals surface area contributed by atoms with Crippen LogP contribution in [-0.4, -0.2) is 11.2 Å². The summed E-state index contributed by atoms with van der Waals surface area (Å²) in [5.41, 5.74) is 2.79. The lowest BCUT2D eigenvalue weighted by atomic mass is 9.47. The number of aliphatic hydroxyl groups is 1. The minimum absolute atomic E-state index is 0.0476. The van der Waals surface area contributed by atoms with Crippen molar-refractivity contribution in [3.8, 4) is 0 Å². The van der Waals surface area contributed by atoms with Crippen LogP contribution in [0.15, 0.2) is 23.8 Å². The first-order valence-corrected chi connectivity index (χ1v) is 12.7. The van der Waals surface area contributed by atoms with E-state index in [1.807, 2.05) is 5.57 Å². The lowest BCUT2D eigenvalue weighted by Gasteiger charge is -2.57. The van der Waals surface area contributed by atoms with Crippen molar-refractivity contribution in [2.45, 2.75) is 99.0 Å². The average molecular weight is 399 g/mol. The number of hydrogen-bond donors (Lipinski definition) is 1. The first kappa shape index (κ1) is 21.7. The van der Waals surface area contributed by atoms with Gasteiger partial charge in [0, 0.05) is 0 Å². The highest BCUT2D eigenvalue weighted by atomic mass is 16.3. The highest BCUT2D eigenvalue weighted by Gasteiger charge is 2.57. The second kappa shape index (κ2) is 7.85. The van der Waals surface area contributed by atoms with Gasteiger partial charge in [-0.1, -0.05) is 65.3 Å². The lowest BCUT2D eigenvalue weighted by Crippen LogP contribution is -2.49. The summed E-state index contributed by atoms with van der Waals surface area (Å²) >= 11 is 0. The summed E-state index contributed by atoms with van der Waals surface area (Å²) in [6, 6.07) is 0. The molecule has 0 bridgehead atoms. The third-order valence-electron chi connectivity index (χ3n) is 10.5. The molecule has 0 amide bonds. The van der Waals surface area contributed by atoms with Crippen molar-refractivity contribution in [1.82, 2.24) is 0 Å². The van der Waals surface area contributed by atoms with Crippen LogP contribution in [0.1, 0.15) is 92.9 Å². The van der Waals surface area contributed by atoms with Crippen LogP contribution in [0.2, 0.25) is 0 Å². The summed E-state index contributed by atoms with van der Waals surface area (Å²) in [6.45, 7) is 14.7. The number of fused-ring (bicyclic) bond motifs is 5. The van der Waals surface area contributed by atoms with Gasteiger partial charge in [-0.15, -0.1) is 0 Å². The molecule has 0 aromatic rings. The molecule has 3 saturated carbocycles. The van der Waals surface area contributed by atoms with Gasteiger partial charge in [0.2, 0.25) is 0 Å². The van der Waals surface area contributed by atoms with Crippen molar-refractivity contribution < 1.29 is 5.11 Å². The van der Waals surface area contributed by atoms with E-state index in [9.17, 15) is 5.11 Å². The van der Waals surface area contributed by atoms with Crippen molar-refractivity contribution in [2.24, 2.45) is 52.3 Å². The fraction of sp³-hybridized carbons (Fsp3) is 0.857. The van der Waals surface area contributed by atoms with Crippen molar-refractivity contribution in [3.63, 3.8) is 0 Å². The second-order valence-electron chi connectivity index (χ2n) is 12.3. The van der Waals surface area contributed by atoms with Gasteiger partial charge in [-0.3, -0.25) is 0 Å². The van der Waals surface area contributed by atoms with Crippen LogP contribution in [0.25, 0.3) is 0 Å². The van der Waals surface area contributed by atoms with E-state index in [2.05, 4.69) is 59.8 Å². The average Bonchev–Trinajstić information content (AvgIpc) is 3.03. The predicted molar refractivity (Wildman–Crippen MR) is 124 cm³/mol. The molecule has 29 heavy (non-hydrogen) atoms. The fourth-order valence-electron chi connectivity index (χ4n) is 8.10. The van der Waals surface area contributed by atoms with Crippen LogP contribution in [-0.2, 0) is 0 Å². The van der Waals surface area contributed by atoms with E-state index in [0.717, 1.165) is 36.5 Å². The van der Waals surface area contributed by atoms with Gasteiger partial charge in [-0.2, -0.15) is 0 Å². The molecule has 0 unspecified atom stereocenters. The molecule has 9 atom stereocenters. The summed E-state index contributed by atoms with van der Waals surface area (Å²) in [7, 11) is 0. The fourth-order valence-corrected chi connectivity index (χ4v) is 8.10. The number of hydrogen-bond acceptors (Lipinski definition) is 1. The van der Waals surface area contributed by atoms with Crippen LogP contribution in [0, 0.1) is 52.3 Å². The molecule has 0 spiro atoms. The van der Waals surface area contributed by atoms with Gasteiger partial charge in [0.05, 0.1) is 6.10 Å². The Hall–Kier alpha value is -0.560.